The molecule has 0 aromatic rings. The van der Waals surface area contributed by atoms with Crippen LogP contribution in [0.3, 0.4) is 0 Å². The van der Waals surface area contributed by atoms with Crippen molar-refractivity contribution in [1.82, 2.24) is 0 Å². The predicted octanol–water partition coefficient (Wildman–Crippen LogP) is 5.91. The van der Waals surface area contributed by atoms with Gasteiger partial charge in [-0.15, -0.1) is 0 Å². The van der Waals surface area contributed by atoms with Crippen molar-refractivity contribution in [2.75, 3.05) is 0 Å². The van der Waals surface area contributed by atoms with Gasteiger partial charge in [-0.25, -0.2) is 0 Å². The molecule has 0 heterocycles. The highest BCUT2D eigenvalue weighted by Crippen LogP contribution is 2.25. The van der Waals surface area contributed by atoms with Crippen molar-refractivity contribution < 1.29 is 0 Å². The molecule has 98 valence electrons. The Bertz CT molecular complexity index is 148. The van der Waals surface area contributed by atoms with Crippen LogP contribution in [0.1, 0.15) is 80.1 Å². The fraction of sp³-hybridized carbons (Fsp3) is 1.00. The van der Waals surface area contributed by atoms with Crippen molar-refractivity contribution in [3.05, 3.63) is 0 Å². The molecule has 0 saturated heterocycles. The lowest BCUT2D eigenvalue weighted by molar-refractivity contribution is 0.303. The third-order valence-electron chi connectivity index (χ3n) is 4.11. The standard InChI is InChI=1S/C16H34/c1-7-8-9-14(4)10-11-15(5)12-16(6)13(2)3/h13-16H,7-12H2,1-6H3. The smallest absolute Gasteiger partial charge is 0.0417 e. The molecular formula is C16H34. The third kappa shape index (κ3) is 8.19. The van der Waals surface area contributed by atoms with E-state index in [9.17, 15) is 0 Å². The van der Waals surface area contributed by atoms with Crippen LogP contribution in [0.25, 0.3) is 0 Å². The van der Waals surface area contributed by atoms with E-state index in [4.69, 9.17) is 0 Å². The molecule has 0 amide bonds. The summed E-state index contributed by atoms with van der Waals surface area (Å²) in [6, 6.07) is 0. The third-order valence-corrected chi connectivity index (χ3v) is 4.11. The van der Waals surface area contributed by atoms with E-state index in [-0.39, 0.29) is 0 Å². The van der Waals surface area contributed by atoms with Crippen LogP contribution in [0.4, 0.5) is 0 Å². The van der Waals surface area contributed by atoms with Gasteiger partial charge in [-0.2, -0.15) is 0 Å². The maximum Gasteiger partial charge on any atom is -0.0417 e. The highest BCUT2D eigenvalue weighted by Gasteiger charge is 2.13. The molecule has 0 aromatic carbocycles. The number of hydrogen-bond donors (Lipinski definition) is 0. The fourth-order valence-corrected chi connectivity index (χ4v) is 2.29. The average Bonchev–Trinajstić information content (AvgIpc) is 2.23. The minimum Gasteiger partial charge on any atom is -0.0654 e. The van der Waals surface area contributed by atoms with Crippen LogP contribution >= 0.6 is 0 Å². The van der Waals surface area contributed by atoms with E-state index in [1.165, 1.54) is 38.5 Å². The van der Waals surface area contributed by atoms with Gasteiger partial charge in [-0.05, 0) is 30.1 Å². The van der Waals surface area contributed by atoms with Crippen LogP contribution in [-0.2, 0) is 0 Å². The number of rotatable bonds is 9. The first-order valence-electron chi connectivity index (χ1n) is 7.47. The van der Waals surface area contributed by atoms with Gasteiger partial charge >= 0.3 is 0 Å². The highest BCUT2D eigenvalue weighted by atomic mass is 14.2. The van der Waals surface area contributed by atoms with Crippen LogP contribution in [0, 0.1) is 23.7 Å². The predicted molar refractivity (Wildman–Crippen MR) is 75.7 cm³/mol. The fourth-order valence-electron chi connectivity index (χ4n) is 2.29. The topological polar surface area (TPSA) is 0 Å². The van der Waals surface area contributed by atoms with E-state index < -0.39 is 0 Å². The molecule has 3 atom stereocenters. The van der Waals surface area contributed by atoms with Gasteiger partial charge in [0.05, 0.1) is 0 Å². The molecule has 0 aliphatic carbocycles. The number of hydrogen-bond acceptors (Lipinski definition) is 0. The van der Waals surface area contributed by atoms with Crippen molar-refractivity contribution in [1.29, 1.82) is 0 Å². The second kappa shape index (κ2) is 9.07. The summed E-state index contributed by atoms with van der Waals surface area (Å²) in [4.78, 5) is 0. The van der Waals surface area contributed by atoms with Gasteiger partial charge < -0.3 is 0 Å². The monoisotopic (exact) mass is 226 g/mol. The quantitative estimate of drug-likeness (QED) is 0.458. The van der Waals surface area contributed by atoms with Gasteiger partial charge in [0.15, 0.2) is 0 Å². The van der Waals surface area contributed by atoms with Crippen molar-refractivity contribution >= 4 is 0 Å². The Morgan fingerprint density at radius 2 is 1.31 bits per heavy atom. The van der Waals surface area contributed by atoms with Gasteiger partial charge in [0.2, 0.25) is 0 Å². The first-order valence-corrected chi connectivity index (χ1v) is 7.47. The van der Waals surface area contributed by atoms with Crippen molar-refractivity contribution in [2.24, 2.45) is 23.7 Å². The second-order valence-corrected chi connectivity index (χ2v) is 6.39. The van der Waals surface area contributed by atoms with E-state index in [0.29, 0.717) is 0 Å². The lowest BCUT2D eigenvalue weighted by atomic mass is 9.85. The minimum absolute atomic E-state index is 0.847. The molecule has 0 spiro atoms. The van der Waals surface area contributed by atoms with E-state index in [1.54, 1.807) is 0 Å². The molecular weight excluding hydrogens is 192 g/mol. The maximum absolute atomic E-state index is 2.44. The molecule has 0 fully saturated rings. The lowest BCUT2D eigenvalue weighted by Crippen LogP contribution is -2.10. The van der Waals surface area contributed by atoms with Gasteiger partial charge in [-0.1, -0.05) is 73.6 Å². The molecule has 0 radical (unpaired) electrons. The Kier molecular flexibility index (Phi) is 9.07. The normalized spacial score (nSPS) is 17.4. The average molecular weight is 226 g/mol. The zero-order valence-corrected chi connectivity index (χ0v) is 12.6. The van der Waals surface area contributed by atoms with Crippen LogP contribution in [-0.4, -0.2) is 0 Å². The van der Waals surface area contributed by atoms with Crippen LogP contribution in [0.5, 0.6) is 0 Å². The summed E-state index contributed by atoms with van der Waals surface area (Å²) < 4.78 is 0. The molecule has 0 aliphatic heterocycles. The van der Waals surface area contributed by atoms with Crippen molar-refractivity contribution in [2.45, 2.75) is 80.1 Å². The highest BCUT2D eigenvalue weighted by molar-refractivity contribution is 4.64. The maximum atomic E-state index is 2.44. The summed E-state index contributed by atoms with van der Waals surface area (Å²) in [5, 5.41) is 0. The van der Waals surface area contributed by atoms with Crippen LogP contribution in [0.2, 0.25) is 0 Å². The molecule has 0 aliphatic rings. The molecule has 0 bridgehead atoms. The summed E-state index contributed by atoms with van der Waals surface area (Å²) in [5.41, 5.74) is 0. The largest absolute Gasteiger partial charge is 0.0654 e. The van der Waals surface area contributed by atoms with Gasteiger partial charge in [0, 0.05) is 0 Å². The molecule has 0 aromatic heterocycles. The van der Waals surface area contributed by atoms with Crippen molar-refractivity contribution in [3.63, 3.8) is 0 Å². The van der Waals surface area contributed by atoms with Gasteiger partial charge in [-0.3, -0.25) is 0 Å². The molecule has 0 saturated carbocycles. The van der Waals surface area contributed by atoms with E-state index in [1.807, 2.05) is 0 Å². The lowest BCUT2D eigenvalue weighted by Gasteiger charge is -2.21. The van der Waals surface area contributed by atoms with E-state index >= 15 is 0 Å². The van der Waals surface area contributed by atoms with E-state index in [2.05, 4.69) is 41.5 Å². The summed E-state index contributed by atoms with van der Waals surface area (Å²) in [7, 11) is 0. The Hall–Kier alpha value is 0. The Balaban J connectivity index is 3.60. The molecule has 0 nitrogen and oxygen atoms in total. The first-order chi connectivity index (χ1) is 7.47. The van der Waals surface area contributed by atoms with Crippen LogP contribution < -0.4 is 0 Å². The van der Waals surface area contributed by atoms with Gasteiger partial charge in [0.1, 0.15) is 0 Å². The molecule has 16 heavy (non-hydrogen) atoms. The summed E-state index contributed by atoms with van der Waals surface area (Å²) >= 11 is 0. The summed E-state index contributed by atoms with van der Waals surface area (Å²) in [5.74, 6) is 3.60. The zero-order valence-electron chi connectivity index (χ0n) is 12.6. The number of unbranched alkanes of at least 4 members (excludes halogenated alkanes) is 1. The molecule has 0 heteroatoms. The van der Waals surface area contributed by atoms with Crippen LogP contribution in [0.15, 0.2) is 0 Å². The Morgan fingerprint density at radius 1 is 0.750 bits per heavy atom. The summed E-state index contributed by atoms with van der Waals surface area (Å²) in [6.07, 6.45) is 8.48. The molecule has 3 unspecified atom stereocenters. The second-order valence-electron chi connectivity index (χ2n) is 6.39. The van der Waals surface area contributed by atoms with E-state index in [0.717, 1.165) is 23.7 Å². The first kappa shape index (κ1) is 16.0. The summed E-state index contributed by atoms with van der Waals surface area (Å²) in [6.45, 7) is 14.3. The Labute approximate surface area is 104 Å². The minimum atomic E-state index is 0.847. The van der Waals surface area contributed by atoms with Crippen molar-refractivity contribution in [3.8, 4) is 0 Å². The molecule has 0 N–H and O–H groups in total. The Morgan fingerprint density at radius 3 is 1.81 bits per heavy atom. The van der Waals surface area contributed by atoms with Gasteiger partial charge in [0.25, 0.3) is 0 Å². The molecule has 0 rings (SSSR count). The SMILES string of the molecule is CCCCC(C)CCC(C)CC(C)C(C)C. The zero-order chi connectivity index (χ0) is 12.6.